The minimum absolute atomic E-state index is 0.0939. The fourth-order valence-corrected chi connectivity index (χ4v) is 2.20. The Labute approximate surface area is 152 Å². The minimum atomic E-state index is -0.475. The van der Waals surface area contributed by atoms with Gasteiger partial charge in [0.05, 0.1) is 13.2 Å². The number of hydrogen-bond donors (Lipinski definition) is 3. The predicted molar refractivity (Wildman–Crippen MR) is 99.6 cm³/mol. The third-order valence-corrected chi connectivity index (χ3v) is 3.43. The number of amides is 2. The van der Waals surface area contributed by atoms with Crippen LogP contribution < -0.4 is 15.4 Å². The summed E-state index contributed by atoms with van der Waals surface area (Å²) >= 11 is 0. The molecule has 2 amide bonds. The van der Waals surface area contributed by atoms with Gasteiger partial charge in [-0.2, -0.15) is 0 Å². The average Bonchev–Trinajstić information content (AvgIpc) is 2.68. The standard InChI is InChI=1S/C20H22N2O4/c1-2-26-17-10-8-15(9-11-17)14-18(20(25)21-12-13-23)22-19(24)16-6-4-3-5-7-16/h3-11,14,23H,2,12-13H2,1H3,(H,21,25)(H,22,24)/b18-14+. The Morgan fingerprint density at radius 3 is 2.38 bits per heavy atom. The molecule has 0 saturated heterocycles. The lowest BCUT2D eigenvalue weighted by molar-refractivity contribution is -0.117. The highest BCUT2D eigenvalue weighted by molar-refractivity contribution is 6.05. The summed E-state index contributed by atoms with van der Waals surface area (Å²) in [4.78, 5) is 24.7. The van der Waals surface area contributed by atoms with Gasteiger partial charge in [0, 0.05) is 12.1 Å². The van der Waals surface area contributed by atoms with Gasteiger partial charge in [-0.05, 0) is 42.8 Å². The summed E-state index contributed by atoms with van der Waals surface area (Å²) in [7, 11) is 0. The first-order chi connectivity index (χ1) is 12.6. The molecule has 2 aromatic carbocycles. The number of ether oxygens (including phenoxy) is 1. The van der Waals surface area contributed by atoms with Crippen LogP contribution in [0.15, 0.2) is 60.3 Å². The molecule has 0 unspecified atom stereocenters. The average molecular weight is 354 g/mol. The number of rotatable bonds is 8. The Morgan fingerprint density at radius 2 is 1.77 bits per heavy atom. The van der Waals surface area contributed by atoms with Gasteiger partial charge in [0.1, 0.15) is 11.4 Å². The third kappa shape index (κ3) is 5.75. The second-order valence-electron chi connectivity index (χ2n) is 5.36. The van der Waals surface area contributed by atoms with E-state index in [4.69, 9.17) is 9.84 Å². The molecule has 0 aliphatic carbocycles. The molecule has 0 bridgehead atoms. The maximum Gasteiger partial charge on any atom is 0.267 e. The van der Waals surface area contributed by atoms with E-state index in [1.54, 1.807) is 60.7 Å². The van der Waals surface area contributed by atoms with Crippen LogP contribution in [0.3, 0.4) is 0 Å². The molecule has 0 radical (unpaired) electrons. The fourth-order valence-electron chi connectivity index (χ4n) is 2.20. The van der Waals surface area contributed by atoms with E-state index >= 15 is 0 Å². The molecular weight excluding hydrogens is 332 g/mol. The molecular formula is C20H22N2O4. The molecule has 0 spiro atoms. The molecule has 0 heterocycles. The molecule has 6 nitrogen and oxygen atoms in total. The summed E-state index contributed by atoms with van der Waals surface area (Å²) in [5.74, 6) is -0.136. The first-order valence-corrected chi connectivity index (χ1v) is 8.34. The normalized spacial score (nSPS) is 10.9. The summed E-state index contributed by atoms with van der Waals surface area (Å²) in [6, 6.07) is 15.8. The van der Waals surface area contributed by atoms with E-state index in [-0.39, 0.29) is 24.8 Å². The summed E-state index contributed by atoms with van der Waals surface area (Å²) in [5, 5.41) is 14.1. The van der Waals surface area contributed by atoms with E-state index in [2.05, 4.69) is 10.6 Å². The van der Waals surface area contributed by atoms with E-state index in [1.807, 2.05) is 6.92 Å². The Morgan fingerprint density at radius 1 is 1.08 bits per heavy atom. The summed E-state index contributed by atoms with van der Waals surface area (Å²) in [6.07, 6.45) is 1.57. The lowest BCUT2D eigenvalue weighted by atomic mass is 10.1. The van der Waals surface area contributed by atoms with Gasteiger partial charge in [0.15, 0.2) is 0 Å². The molecule has 6 heteroatoms. The highest BCUT2D eigenvalue weighted by Gasteiger charge is 2.14. The Balaban J connectivity index is 2.22. The Bertz CT molecular complexity index is 755. The zero-order chi connectivity index (χ0) is 18.8. The first kappa shape index (κ1) is 19.2. The van der Waals surface area contributed by atoms with E-state index in [0.717, 1.165) is 11.3 Å². The van der Waals surface area contributed by atoms with E-state index < -0.39 is 5.91 Å². The maximum atomic E-state index is 12.4. The van der Waals surface area contributed by atoms with Crippen LogP contribution in [0.5, 0.6) is 5.75 Å². The van der Waals surface area contributed by atoms with Crippen LogP contribution >= 0.6 is 0 Å². The van der Waals surface area contributed by atoms with Gasteiger partial charge in [-0.25, -0.2) is 0 Å². The molecule has 3 N–H and O–H groups in total. The molecule has 26 heavy (non-hydrogen) atoms. The zero-order valence-corrected chi connectivity index (χ0v) is 14.6. The lowest BCUT2D eigenvalue weighted by Gasteiger charge is -2.11. The maximum absolute atomic E-state index is 12.4. The zero-order valence-electron chi connectivity index (χ0n) is 14.6. The summed E-state index contributed by atoms with van der Waals surface area (Å²) in [6.45, 7) is 2.38. The monoisotopic (exact) mass is 354 g/mol. The SMILES string of the molecule is CCOc1ccc(/C=C(/NC(=O)c2ccccc2)C(=O)NCCO)cc1. The van der Waals surface area contributed by atoms with Crippen molar-refractivity contribution in [2.45, 2.75) is 6.92 Å². The molecule has 2 rings (SSSR count). The minimum Gasteiger partial charge on any atom is -0.494 e. The number of aliphatic hydroxyl groups excluding tert-OH is 1. The van der Waals surface area contributed by atoms with Crippen molar-refractivity contribution in [3.05, 3.63) is 71.4 Å². The molecule has 0 aliphatic heterocycles. The van der Waals surface area contributed by atoms with Crippen LogP contribution in [0, 0.1) is 0 Å². The van der Waals surface area contributed by atoms with Gasteiger partial charge in [0.25, 0.3) is 11.8 Å². The topological polar surface area (TPSA) is 87.7 Å². The Hall–Kier alpha value is -3.12. The van der Waals surface area contributed by atoms with Crippen LogP contribution in [0.1, 0.15) is 22.8 Å². The molecule has 136 valence electrons. The number of aliphatic hydroxyl groups is 1. The van der Waals surface area contributed by atoms with E-state index in [0.29, 0.717) is 12.2 Å². The number of nitrogens with one attached hydrogen (secondary N) is 2. The van der Waals surface area contributed by atoms with Crippen molar-refractivity contribution in [2.24, 2.45) is 0 Å². The van der Waals surface area contributed by atoms with Gasteiger partial charge < -0.3 is 20.5 Å². The van der Waals surface area contributed by atoms with Crippen LogP contribution in [0.2, 0.25) is 0 Å². The molecule has 0 aromatic heterocycles. The molecule has 0 atom stereocenters. The van der Waals surface area contributed by atoms with E-state index in [1.165, 1.54) is 0 Å². The van der Waals surface area contributed by atoms with Crippen molar-refractivity contribution >= 4 is 17.9 Å². The summed E-state index contributed by atoms with van der Waals surface area (Å²) in [5.41, 5.74) is 1.27. The molecule has 0 saturated carbocycles. The van der Waals surface area contributed by atoms with Crippen molar-refractivity contribution in [1.29, 1.82) is 0 Å². The fraction of sp³-hybridized carbons (Fsp3) is 0.200. The number of carbonyl (C=O) groups excluding carboxylic acids is 2. The first-order valence-electron chi connectivity index (χ1n) is 8.34. The highest BCUT2D eigenvalue weighted by Crippen LogP contribution is 2.14. The van der Waals surface area contributed by atoms with E-state index in [9.17, 15) is 9.59 Å². The van der Waals surface area contributed by atoms with Gasteiger partial charge in [-0.1, -0.05) is 30.3 Å². The number of benzene rings is 2. The van der Waals surface area contributed by atoms with Gasteiger partial charge in [-0.15, -0.1) is 0 Å². The van der Waals surface area contributed by atoms with Crippen molar-refractivity contribution in [3.8, 4) is 5.75 Å². The number of carbonyl (C=O) groups is 2. The largest absolute Gasteiger partial charge is 0.494 e. The van der Waals surface area contributed by atoms with Gasteiger partial charge >= 0.3 is 0 Å². The van der Waals surface area contributed by atoms with Gasteiger partial charge in [-0.3, -0.25) is 9.59 Å². The second kappa shape index (κ2) is 10.0. The quantitative estimate of drug-likeness (QED) is 0.633. The third-order valence-electron chi connectivity index (χ3n) is 3.43. The highest BCUT2D eigenvalue weighted by atomic mass is 16.5. The van der Waals surface area contributed by atoms with Gasteiger partial charge in [0.2, 0.25) is 0 Å². The number of hydrogen-bond acceptors (Lipinski definition) is 4. The predicted octanol–water partition coefficient (Wildman–Crippen LogP) is 1.96. The summed E-state index contributed by atoms with van der Waals surface area (Å²) < 4.78 is 5.39. The van der Waals surface area contributed by atoms with Crippen LogP contribution in [0.25, 0.3) is 6.08 Å². The van der Waals surface area contributed by atoms with Crippen molar-refractivity contribution in [3.63, 3.8) is 0 Å². The van der Waals surface area contributed by atoms with Crippen LogP contribution in [-0.4, -0.2) is 36.7 Å². The molecule has 2 aromatic rings. The Kier molecular flexibility index (Phi) is 7.39. The van der Waals surface area contributed by atoms with Crippen molar-refractivity contribution in [2.75, 3.05) is 19.8 Å². The smallest absolute Gasteiger partial charge is 0.267 e. The lowest BCUT2D eigenvalue weighted by Crippen LogP contribution is -2.36. The second-order valence-corrected chi connectivity index (χ2v) is 5.36. The van der Waals surface area contributed by atoms with Crippen molar-refractivity contribution in [1.82, 2.24) is 10.6 Å². The molecule has 0 fully saturated rings. The van der Waals surface area contributed by atoms with Crippen LogP contribution in [0.4, 0.5) is 0 Å². The molecule has 0 aliphatic rings. The van der Waals surface area contributed by atoms with Crippen LogP contribution in [-0.2, 0) is 4.79 Å². The van der Waals surface area contributed by atoms with Crippen molar-refractivity contribution < 1.29 is 19.4 Å².